The molecule has 0 amide bonds. The van der Waals surface area contributed by atoms with Crippen LogP contribution in [0.25, 0.3) is 0 Å². The zero-order valence-corrected chi connectivity index (χ0v) is 8.99. The zero-order chi connectivity index (χ0) is 8.60. The fourth-order valence-electron chi connectivity index (χ4n) is 1.65. The first-order valence-corrected chi connectivity index (χ1v) is 5.59. The van der Waals surface area contributed by atoms with Crippen molar-refractivity contribution in [3.8, 4) is 0 Å². The molecule has 12 heavy (non-hydrogen) atoms. The van der Waals surface area contributed by atoms with E-state index in [0.29, 0.717) is 5.22 Å². The molecule has 1 aliphatic carbocycles. The van der Waals surface area contributed by atoms with E-state index in [-0.39, 0.29) is 5.41 Å². The van der Waals surface area contributed by atoms with Gasteiger partial charge in [-0.05, 0) is 36.6 Å². The lowest BCUT2D eigenvalue weighted by Crippen LogP contribution is -2.35. The van der Waals surface area contributed by atoms with E-state index in [1.807, 2.05) is 12.1 Å². The van der Waals surface area contributed by atoms with E-state index in [4.69, 9.17) is 16.0 Å². The Morgan fingerprint density at radius 3 is 2.58 bits per heavy atom. The predicted molar refractivity (Wildman–Crippen MR) is 53.0 cm³/mol. The molecule has 1 fully saturated rings. The smallest absolute Gasteiger partial charge is 0.193 e. The Kier molecular flexibility index (Phi) is 2.21. The summed E-state index contributed by atoms with van der Waals surface area (Å²) in [5.74, 6) is 1.04. The highest BCUT2D eigenvalue weighted by Crippen LogP contribution is 2.45. The maximum Gasteiger partial charge on any atom is 0.193 e. The van der Waals surface area contributed by atoms with E-state index in [1.165, 1.54) is 19.3 Å². The highest BCUT2D eigenvalue weighted by Gasteiger charge is 2.40. The molecular formula is C9H10BrClO. The summed E-state index contributed by atoms with van der Waals surface area (Å²) >= 11 is 9.25. The van der Waals surface area contributed by atoms with E-state index in [0.717, 1.165) is 11.1 Å². The lowest BCUT2D eigenvalue weighted by molar-refractivity contribution is 0.231. The van der Waals surface area contributed by atoms with Gasteiger partial charge in [-0.15, -0.1) is 0 Å². The minimum absolute atomic E-state index is 0.243. The van der Waals surface area contributed by atoms with E-state index in [9.17, 15) is 0 Å². The fraction of sp³-hybridized carbons (Fsp3) is 0.556. The second kappa shape index (κ2) is 3.08. The number of halogens is 2. The number of hydrogen-bond donors (Lipinski definition) is 0. The van der Waals surface area contributed by atoms with Gasteiger partial charge in [-0.3, -0.25) is 0 Å². The third-order valence-corrected chi connectivity index (χ3v) is 3.94. The van der Waals surface area contributed by atoms with Gasteiger partial charge in [0.15, 0.2) is 5.22 Å². The minimum Gasteiger partial charge on any atom is -0.449 e. The quantitative estimate of drug-likeness (QED) is 0.728. The van der Waals surface area contributed by atoms with E-state index < -0.39 is 0 Å². The molecule has 1 aromatic heterocycles. The number of furan rings is 1. The summed E-state index contributed by atoms with van der Waals surface area (Å²) in [6.45, 7) is 0. The Balaban J connectivity index is 2.27. The first kappa shape index (κ1) is 8.64. The molecule has 0 aromatic carbocycles. The molecule has 0 aliphatic heterocycles. The van der Waals surface area contributed by atoms with E-state index in [2.05, 4.69) is 15.9 Å². The number of rotatable bonds is 2. The first-order chi connectivity index (χ1) is 5.77. The van der Waals surface area contributed by atoms with Crippen molar-refractivity contribution in [1.82, 2.24) is 0 Å². The van der Waals surface area contributed by atoms with Gasteiger partial charge < -0.3 is 4.42 Å². The van der Waals surface area contributed by atoms with Crippen molar-refractivity contribution >= 4 is 27.5 Å². The standard InChI is InChI=1S/C9H10BrClO/c10-6-9(4-1-5-9)7-2-3-8(11)12-7/h2-3H,1,4-6H2. The molecule has 0 saturated heterocycles. The molecule has 0 radical (unpaired) electrons. The van der Waals surface area contributed by atoms with E-state index in [1.54, 1.807) is 0 Å². The number of hydrogen-bond acceptors (Lipinski definition) is 1. The third-order valence-electron chi connectivity index (χ3n) is 2.66. The van der Waals surface area contributed by atoms with E-state index >= 15 is 0 Å². The van der Waals surface area contributed by atoms with Crippen LogP contribution in [0.3, 0.4) is 0 Å². The molecule has 66 valence electrons. The van der Waals surface area contributed by atoms with Crippen LogP contribution in [-0.4, -0.2) is 5.33 Å². The van der Waals surface area contributed by atoms with Crippen LogP contribution in [0.4, 0.5) is 0 Å². The normalized spacial score (nSPS) is 20.5. The Bertz CT molecular complexity index is 272. The largest absolute Gasteiger partial charge is 0.449 e. The molecule has 1 aliphatic rings. The van der Waals surface area contributed by atoms with Crippen molar-refractivity contribution in [2.45, 2.75) is 24.7 Å². The van der Waals surface area contributed by atoms with Crippen LogP contribution in [0.1, 0.15) is 25.0 Å². The van der Waals surface area contributed by atoms with Crippen LogP contribution in [0, 0.1) is 0 Å². The Labute approximate surface area is 85.2 Å². The minimum atomic E-state index is 0.243. The van der Waals surface area contributed by atoms with Crippen LogP contribution < -0.4 is 0 Å². The second-order valence-corrected chi connectivity index (χ2v) is 4.30. The van der Waals surface area contributed by atoms with Crippen molar-refractivity contribution in [2.75, 3.05) is 5.33 Å². The fourth-order valence-corrected chi connectivity index (χ4v) is 2.63. The molecule has 0 atom stereocenters. The monoisotopic (exact) mass is 248 g/mol. The molecule has 0 N–H and O–H groups in total. The SMILES string of the molecule is Clc1ccc(C2(CBr)CCC2)o1. The molecule has 1 heterocycles. The molecule has 0 spiro atoms. The van der Waals surface area contributed by atoms with Gasteiger partial charge in [0.2, 0.25) is 0 Å². The van der Waals surface area contributed by atoms with Gasteiger partial charge in [-0.2, -0.15) is 0 Å². The van der Waals surface area contributed by atoms with Crippen LogP contribution in [0.5, 0.6) is 0 Å². The highest BCUT2D eigenvalue weighted by molar-refractivity contribution is 9.09. The maximum atomic E-state index is 5.72. The molecule has 2 rings (SSSR count). The Morgan fingerprint density at radius 1 is 1.50 bits per heavy atom. The summed E-state index contributed by atoms with van der Waals surface area (Å²) < 4.78 is 5.42. The van der Waals surface area contributed by atoms with Gasteiger partial charge in [-0.1, -0.05) is 22.4 Å². The average molecular weight is 250 g/mol. The predicted octanol–water partition coefficient (Wildman–Crippen LogP) is 3.75. The molecule has 1 aromatic rings. The first-order valence-electron chi connectivity index (χ1n) is 4.09. The lowest BCUT2D eigenvalue weighted by atomic mass is 9.69. The summed E-state index contributed by atoms with van der Waals surface area (Å²) in [6, 6.07) is 3.81. The van der Waals surface area contributed by atoms with Gasteiger partial charge in [0.1, 0.15) is 5.76 Å². The summed E-state index contributed by atoms with van der Waals surface area (Å²) in [5, 5.41) is 1.47. The molecule has 1 nitrogen and oxygen atoms in total. The Hall–Kier alpha value is 0.0500. The topological polar surface area (TPSA) is 13.1 Å². The molecule has 3 heteroatoms. The van der Waals surface area contributed by atoms with Crippen LogP contribution in [-0.2, 0) is 5.41 Å². The van der Waals surface area contributed by atoms with Crippen LogP contribution >= 0.6 is 27.5 Å². The molecular weight excluding hydrogens is 239 g/mol. The summed E-state index contributed by atoms with van der Waals surface area (Å²) in [4.78, 5) is 0. The van der Waals surface area contributed by atoms with Crippen molar-refractivity contribution in [3.63, 3.8) is 0 Å². The zero-order valence-electron chi connectivity index (χ0n) is 6.65. The van der Waals surface area contributed by atoms with Crippen LogP contribution in [0.2, 0.25) is 5.22 Å². The van der Waals surface area contributed by atoms with Gasteiger partial charge in [0.25, 0.3) is 0 Å². The molecule has 0 bridgehead atoms. The van der Waals surface area contributed by atoms with Gasteiger partial charge in [0, 0.05) is 10.7 Å². The average Bonchev–Trinajstić information content (AvgIpc) is 2.35. The van der Waals surface area contributed by atoms with Crippen molar-refractivity contribution < 1.29 is 4.42 Å². The van der Waals surface area contributed by atoms with Crippen molar-refractivity contribution in [2.24, 2.45) is 0 Å². The maximum absolute atomic E-state index is 5.72. The molecule has 1 saturated carbocycles. The Morgan fingerprint density at radius 2 is 2.25 bits per heavy atom. The molecule has 0 unspecified atom stereocenters. The van der Waals surface area contributed by atoms with Gasteiger partial charge >= 0.3 is 0 Å². The summed E-state index contributed by atoms with van der Waals surface area (Å²) in [7, 11) is 0. The third kappa shape index (κ3) is 1.21. The van der Waals surface area contributed by atoms with Crippen LogP contribution in [0.15, 0.2) is 16.5 Å². The highest BCUT2D eigenvalue weighted by atomic mass is 79.9. The lowest BCUT2D eigenvalue weighted by Gasteiger charge is -2.38. The van der Waals surface area contributed by atoms with Gasteiger partial charge in [-0.25, -0.2) is 0 Å². The van der Waals surface area contributed by atoms with Crippen molar-refractivity contribution in [1.29, 1.82) is 0 Å². The van der Waals surface area contributed by atoms with Crippen molar-refractivity contribution in [3.05, 3.63) is 23.1 Å². The summed E-state index contributed by atoms with van der Waals surface area (Å²) in [5.41, 5.74) is 0.243. The summed E-state index contributed by atoms with van der Waals surface area (Å²) in [6.07, 6.45) is 3.72. The number of alkyl halides is 1. The van der Waals surface area contributed by atoms with Gasteiger partial charge in [0.05, 0.1) is 0 Å². The second-order valence-electron chi connectivity index (χ2n) is 3.37.